The van der Waals surface area contributed by atoms with E-state index in [0.717, 1.165) is 17.7 Å². The molecule has 0 radical (unpaired) electrons. The van der Waals surface area contributed by atoms with Crippen molar-refractivity contribution in [1.82, 2.24) is 9.62 Å². The summed E-state index contributed by atoms with van der Waals surface area (Å²) in [5.74, 6) is -0.429. The van der Waals surface area contributed by atoms with Crippen molar-refractivity contribution in [2.24, 2.45) is 5.92 Å². The standard InChI is InChI=1S/C20H23FN2O4S/c1-27-19-7-3-2-5-15(19)13-22-20(24)16-6-4-12-23(14-16)28(25,26)18-10-8-17(21)9-11-18/h2-3,5,7-11,16H,4,6,12-14H2,1H3,(H,22,24)/t16-/m0/s1. The van der Waals surface area contributed by atoms with Crippen LogP contribution in [0.5, 0.6) is 5.75 Å². The van der Waals surface area contributed by atoms with Crippen LogP contribution < -0.4 is 10.1 Å². The Hall–Kier alpha value is -2.45. The number of para-hydroxylation sites is 1. The highest BCUT2D eigenvalue weighted by Crippen LogP contribution is 2.24. The monoisotopic (exact) mass is 406 g/mol. The first-order chi connectivity index (χ1) is 13.4. The summed E-state index contributed by atoms with van der Waals surface area (Å²) in [7, 11) is -2.19. The first-order valence-electron chi connectivity index (χ1n) is 9.07. The van der Waals surface area contributed by atoms with Crippen molar-refractivity contribution in [3.05, 3.63) is 59.9 Å². The Labute approximate surface area is 164 Å². The molecule has 1 N–H and O–H groups in total. The molecular weight excluding hydrogens is 383 g/mol. The Morgan fingerprint density at radius 3 is 2.64 bits per heavy atom. The van der Waals surface area contributed by atoms with E-state index in [0.29, 0.717) is 31.7 Å². The van der Waals surface area contributed by atoms with Gasteiger partial charge in [0.15, 0.2) is 0 Å². The Morgan fingerprint density at radius 2 is 1.93 bits per heavy atom. The number of nitrogens with zero attached hydrogens (tertiary/aromatic N) is 1. The fourth-order valence-corrected chi connectivity index (χ4v) is 4.83. The molecule has 0 bridgehead atoms. The van der Waals surface area contributed by atoms with E-state index in [4.69, 9.17) is 4.74 Å². The second-order valence-corrected chi connectivity index (χ2v) is 8.62. The Bertz CT molecular complexity index is 931. The van der Waals surface area contributed by atoms with Gasteiger partial charge in [-0.05, 0) is 43.2 Å². The Balaban J connectivity index is 1.65. The summed E-state index contributed by atoms with van der Waals surface area (Å²) in [5.41, 5.74) is 0.852. The third-order valence-electron chi connectivity index (χ3n) is 4.85. The van der Waals surface area contributed by atoms with Crippen LogP contribution in [0.15, 0.2) is 53.4 Å². The Kier molecular flexibility index (Phi) is 6.31. The number of carbonyl (C=O) groups is 1. The van der Waals surface area contributed by atoms with Crippen molar-refractivity contribution in [3.8, 4) is 5.75 Å². The molecule has 1 amide bonds. The van der Waals surface area contributed by atoms with Gasteiger partial charge < -0.3 is 10.1 Å². The van der Waals surface area contributed by atoms with E-state index in [2.05, 4.69) is 5.32 Å². The second-order valence-electron chi connectivity index (χ2n) is 6.69. The molecule has 1 heterocycles. The van der Waals surface area contributed by atoms with Crippen molar-refractivity contribution in [2.45, 2.75) is 24.3 Å². The number of rotatable bonds is 6. The molecule has 150 valence electrons. The maximum Gasteiger partial charge on any atom is 0.243 e. The molecule has 0 spiro atoms. The lowest BCUT2D eigenvalue weighted by molar-refractivity contribution is -0.126. The lowest BCUT2D eigenvalue weighted by Crippen LogP contribution is -2.45. The minimum Gasteiger partial charge on any atom is -0.496 e. The van der Waals surface area contributed by atoms with Crippen LogP contribution in [0.3, 0.4) is 0 Å². The van der Waals surface area contributed by atoms with E-state index in [-0.39, 0.29) is 17.3 Å². The van der Waals surface area contributed by atoms with Gasteiger partial charge in [0.25, 0.3) is 0 Å². The largest absolute Gasteiger partial charge is 0.496 e. The van der Waals surface area contributed by atoms with Crippen molar-refractivity contribution in [1.29, 1.82) is 0 Å². The summed E-state index contributed by atoms with van der Waals surface area (Å²) in [6.45, 7) is 0.761. The molecular formula is C20H23FN2O4S. The van der Waals surface area contributed by atoms with Gasteiger partial charge in [-0.15, -0.1) is 0 Å². The number of piperidine rings is 1. The normalized spacial score (nSPS) is 17.9. The van der Waals surface area contributed by atoms with Crippen LogP contribution in [0.1, 0.15) is 18.4 Å². The molecule has 6 nitrogen and oxygen atoms in total. The quantitative estimate of drug-likeness (QED) is 0.800. The number of nitrogens with one attached hydrogen (secondary N) is 1. The molecule has 0 aromatic heterocycles. The van der Waals surface area contributed by atoms with Gasteiger partial charge in [-0.3, -0.25) is 4.79 Å². The van der Waals surface area contributed by atoms with Crippen LogP contribution in [0.25, 0.3) is 0 Å². The van der Waals surface area contributed by atoms with Gasteiger partial charge in [0.1, 0.15) is 11.6 Å². The highest BCUT2D eigenvalue weighted by Gasteiger charge is 2.33. The molecule has 1 aliphatic rings. The summed E-state index contributed by atoms with van der Waals surface area (Å²) in [6, 6.07) is 12.1. The summed E-state index contributed by atoms with van der Waals surface area (Å²) in [4.78, 5) is 12.6. The molecule has 1 fully saturated rings. The molecule has 1 atom stereocenters. The van der Waals surface area contributed by atoms with E-state index in [9.17, 15) is 17.6 Å². The number of ether oxygens (including phenoxy) is 1. The van der Waals surface area contributed by atoms with Crippen LogP contribution in [0.4, 0.5) is 4.39 Å². The fraction of sp³-hybridized carbons (Fsp3) is 0.350. The lowest BCUT2D eigenvalue weighted by Gasteiger charge is -2.31. The third kappa shape index (κ3) is 4.51. The maximum absolute atomic E-state index is 13.1. The van der Waals surface area contributed by atoms with Crippen LogP contribution in [0, 0.1) is 11.7 Å². The molecule has 2 aromatic carbocycles. The number of hydrogen-bond donors (Lipinski definition) is 1. The van der Waals surface area contributed by atoms with Gasteiger partial charge in [-0.2, -0.15) is 4.31 Å². The highest BCUT2D eigenvalue weighted by atomic mass is 32.2. The summed E-state index contributed by atoms with van der Waals surface area (Å²) >= 11 is 0. The van der Waals surface area contributed by atoms with E-state index < -0.39 is 21.8 Å². The van der Waals surface area contributed by atoms with Crippen LogP contribution in [-0.2, 0) is 21.4 Å². The molecule has 2 aromatic rings. The topological polar surface area (TPSA) is 75.7 Å². The minimum absolute atomic E-state index is 0.0315. The first-order valence-corrected chi connectivity index (χ1v) is 10.5. The molecule has 3 rings (SSSR count). The summed E-state index contributed by atoms with van der Waals surface area (Å²) in [6.07, 6.45) is 1.21. The third-order valence-corrected chi connectivity index (χ3v) is 6.73. The highest BCUT2D eigenvalue weighted by molar-refractivity contribution is 7.89. The molecule has 28 heavy (non-hydrogen) atoms. The number of methoxy groups -OCH3 is 1. The maximum atomic E-state index is 13.1. The first kappa shape index (κ1) is 20.3. The molecule has 1 aliphatic heterocycles. The molecule has 0 saturated carbocycles. The SMILES string of the molecule is COc1ccccc1CNC(=O)[C@H]1CCCN(S(=O)(=O)c2ccc(F)cc2)C1. The minimum atomic E-state index is -3.76. The smallest absolute Gasteiger partial charge is 0.243 e. The van der Waals surface area contributed by atoms with Gasteiger partial charge in [-0.1, -0.05) is 18.2 Å². The van der Waals surface area contributed by atoms with Gasteiger partial charge in [0.05, 0.1) is 17.9 Å². The molecule has 8 heteroatoms. The van der Waals surface area contributed by atoms with Gasteiger partial charge in [0, 0.05) is 25.2 Å². The summed E-state index contributed by atoms with van der Waals surface area (Å²) in [5, 5.41) is 2.87. The van der Waals surface area contributed by atoms with E-state index in [1.165, 1.54) is 16.4 Å². The average Bonchev–Trinajstić information content (AvgIpc) is 2.72. The van der Waals surface area contributed by atoms with Crippen molar-refractivity contribution >= 4 is 15.9 Å². The van der Waals surface area contributed by atoms with Crippen molar-refractivity contribution in [2.75, 3.05) is 20.2 Å². The van der Waals surface area contributed by atoms with Gasteiger partial charge in [-0.25, -0.2) is 12.8 Å². The predicted molar refractivity (Wildman–Crippen MR) is 103 cm³/mol. The Morgan fingerprint density at radius 1 is 1.21 bits per heavy atom. The summed E-state index contributed by atoms with van der Waals surface area (Å²) < 4.78 is 45.2. The fourth-order valence-electron chi connectivity index (χ4n) is 3.31. The number of carbonyl (C=O) groups excluding carboxylic acids is 1. The molecule has 0 aliphatic carbocycles. The lowest BCUT2D eigenvalue weighted by atomic mass is 9.98. The van der Waals surface area contributed by atoms with Crippen LogP contribution >= 0.6 is 0 Å². The zero-order chi connectivity index (χ0) is 20.1. The van der Waals surface area contributed by atoms with Crippen LogP contribution in [-0.4, -0.2) is 38.8 Å². The molecule has 0 unspecified atom stereocenters. The van der Waals surface area contributed by atoms with E-state index in [1.807, 2.05) is 24.3 Å². The average molecular weight is 406 g/mol. The van der Waals surface area contributed by atoms with Crippen molar-refractivity contribution in [3.63, 3.8) is 0 Å². The van der Waals surface area contributed by atoms with Gasteiger partial charge in [0.2, 0.25) is 15.9 Å². The number of hydrogen-bond acceptors (Lipinski definition) is 4. The van der Waals surface area contributed by atoms with E-state index >= 15 is 0 Å². The zero-order valence-corrected chi connectivity index (χ0v) is 16.4. The van der Waals surface area contributed by atoms with Crippen molar-refractivity contribution < 1.29 is 22.3 Å². The predicted octanol–water partition coefficient (Wildman–Crippen LogP) is 2.55. The molecule has 1 saturated heterocycles. The zero-order valence-electron chi connectivity index (χ0n) is 15.6. The van der Waals surface area contributed by atoms with Gasteiger partial charge >= 0.3 is 0 Å². The number of sulfonamides is 1. The number of amides is 1. The van der Waals surface area contributed by atoms with E-state index in [1.54, 1.807) is 7.11 Å². The second kappa shape index (κ2) is 8.70. The van der Waals surface area contributed by atoms with Crippen LogP contribution in [0.2, 0.25) is 0 Å². The number of benzene rings is 2. The number of halogens is 1.